The zero-order valence-electron chi connectivity index (χ0n) is 3.52. The van der Waals surface area contributed by atoms with Gasteiger partial charge in [-0.25, -0.2) is 0 Å². The van der Waals surface area contributed by atoms with Crippen molar-refractivity contribution < 1.29 is 9.84 Å². The first-order valence-corrected chi connectivity index (χ1v) is 2.11. The predicted molar refractivity (Wildman–Crippen MR) is 23.7 cm³/mol. The van der Waals surface area contributed by atoms with Crippen LogP contribution in [0.4, 0.5) is 0 Å². The molecule has 1 unspecified atom stereocenters. The van der Waals surface area contributed by atoms with E-state index < -0.39 is 6.29 Å². The Morgan fingerprint density at radius 2 is 2.50 bits per heavy atom. The van der Waals surface area contributed by atoms with Crippen molar-refractivity contribution in [1.82, 2.24) is 0 Å². The second kappa shape index (κ2) is 3.40. The van der Waals surface area contributed by atoms with E-state index in [1.165, 1.54) is 7.11 Å². The van der Waals surface area contributed by atoms with Gasteiger partial charge in [0.25, 0.3) is 0 Å². The molecule has 0 bridgehead atoms. The molecule has 0 aliphatic rings. The number of hydrogen-bond donors (Lipinski definition) is 1. The third-order valence-corrected chi connectivity index (χ3v) is 0.668. The van der Waals surface area contributed by atoms with Gasteiger partial charge in [0, 0.05) is 7.11 Å². The molecule has 0 aromatic heterocycles. The Balaban J connectivity index is 2.75. The maximum atomic E-state index is 8.31. The molecule has 0 aliphatic carbocycles. The van der Waals surface area contributed by atoms with Crippen LogP contribution in [0.15, 0.2) is 0 Å². The minimum atomic E-state index is -0.799. The average molecular weight is 111 g/mol. The summed E-state index contributed by atoms with van der Waals surface area (Å²) in [5.74, 6) is 0.135. The highest BCUT2D eigenvalue weighted by Gasteiger charge is 1.92. The van der Waals surface area contributed by atoms with Crippen molar-refractivity contribution in [1.29, 1.82) is 0 Å². The summed E-state index contributed by atoms with van der Waals surface area (Å²) >= 11 is 5.08. The zero-order chi connectivity index (χ0) is 4.99. The predicted octanol–water partition coefficient (Wildman–Crippen LogP) is 0.190. The summed E-state index contributed by atoms with van der Waals surface area (Å²) in [4.78, 5) is 0. The van der Waals surface area contributed by atoms with Crippen molar-refractivity contribution in [3.05, 3.63) is 0 Å². The molecular formula is C3H7ClO2. The van der Waals surface area contributed by atoms with Crippen LogP contribution in [-0.2, 0) is 4.74 Å². The van der Waals surface area contributed by atoms with Crippen LogP contribution >= 0.6 is 11.6 Å². The lowest BCUT2D eigenvalue weighted by atomic mass is 10.8. The van der Waals surface area contributed by atoms with Gasteiger partial charge in [0.2, 0.25) is 0 Å². The second-order valence-corrected chi connectivity index (χ2v) is 1.15. The van der Waals surface area contributed by atoms with E-state index in [0.29, 0.717) is 0 Å². The molecule has 0 saturated carbocycles. The summed E-state index contributed by atoms with van der Waals surface area (Å²) in [6.07, 6.45) is -0.799. The van der Waals surface area contributed by atoms with Gasteiger partial charge in [-0.2, -0.15) is 0 Å². The number of rotatable bonds is 2. The van der Waals surface area contributed by atoms with Gasteiger partial charge < -0.3 is 9.84 Å². The Labute approximate surface area is 41.7 Å². The Kier molecular flexibility index (Phi) is 3.52. The SMILES string of the molecule is COC(O)CCl. The normalized spacial score (nSPS) is 14.5. The standard InChI is InChI=1S/C3H7ClO2/c1-6-3(5)2-4/h3,5H,2H2,1H3. The summed E-state index contributed by atoms with van der Waals surface area (Å²) in [5, 5.41) is 8.31. The van der Waals surface area contributed by atoms with Crippen molar-refractivity contribution >= 4 is 11.6 Å². The molecule has 3 heteroatoms. The maximum absolute atomic E-state index is 8.31. The summed E-state index contributed by atoms with van der Waals surface area (Å²) in [6, 6.07) is 0. The van der Waals surface area contributed by atoms with Crippen molar-refractivity contribution in [3.8, 4) is 0 Å². The van der Waals surface area contributed by atoms with Crippen molar-refractivity contribution in [2.45, 2.75) is 6.29 Å². The van der Waals surface area contributed by atoms with Gasteiger partial charge in [0.15, 0.2) is 6.29 Å². The summed E-state index contributed by atoms with van der Waals surface area (Å²) < 4.78 is 4.32. The molecule has 1 atom stereocenters. The number of ether oxygens (including phenoxy) is 1. The Hall–Kier alpha value is 0.210. The minimum absolute atomic E-state index is 0.135. The fourth-order valence-electron chi connectivity index (χ4n) is 0.0630. The molecule has 6 heavy (non-hydrogen) atoms. The van der Waals surface area contributed by atoms with Crippen LogP contribution in [0.25, 0.3) is 0 Å². The topological polar surface area (TPSA) is 29.5 Å². The highest BCUT2D eigenvalue weighted by atomic mass is 35.5. The van der Waals surface area contributed by atoms with E-state index in [0.717, 1.165) is 0 Å². The maximum Gasteiger partial charge on any atom is 0.167 e. The molecule has 0 aromatic rings. The first-order valence-electron chi connectivity index (χ1n) is 1.58. The fraction of sp³-hybridized carbons (Fsp3) is 1.00. The summed E-state index contributed by atoms with van der Waals surface area (Å²) in [7, 11) is 1.40. The quantitative estimate of drug-likeness (QED) is 0.406. The van der Waals surface area contributed by atoms with E-state index in [1.54, 1.807) is 0 Å². The van der Waals surface area contributed by atoms with Crippen molar-refractivity contribution in [2.75, 3.05) is 13.0 Å². The van der Waals surface area contributed by atoms with E-state index in [-0.39, 0.29) is 5.88 Å². The molecule has 1 N–H and O–H groups in total. The first-order chi connectivity index (χ1) is 2.81. The highest BCUT2D eigenvalue weighted by Crippen LogP contribution is 1.84. The number of methoxy groups -OCH3 is 1. The number of hydrogen-bond acceptors (Lipinski definition) is 2. The smallest absolute Gasteiger partial charge is 0.167 e. The van der Waals surface area contributed by atoms with Crippen LogP contribution in [-0.4, -0.2) is 24.4 Å². The Morgan fingerprint density at radius 3 is 2.50 bits per heavy atom. The number of alkyl halides is 1. The molecule has 0 spiro atoms. The van der Waals surface area contributed by atoms with E-state index in [1.807, 2.05) is 0 Å². The largest absolute Gasteiger partial charge is 0.367 e. The van der Waals surface area contributed by atoms with E-state index in [2.05, 4.69) is 4.74 Å². The highest BCUT2D eigenvalue weighted by molar-refractivity contribution is 6.18. The third kappa shape index (κ3) is 2.45. The monoisotopic (exact) mass is 110 g/mol. The number of aliphatic hydroxyl groups is 1. The molecule has 0 radical (unpaired) electrons. The Bertz CT molecular complexity index is 28.0. The number of halogens is 1. The molecular weight excluding hydrogens is 103 g/mol. The summed E-state index contributed by atoms with van der Waals surface area (Å²) in [5.41, 5.74) is 0. The first kappa shape index (κ1) is 6.21. The van der Waals surface area contributed by atoms with E-state index in [4.69, 9.17) is 16.7 Å². The minimum Gasteiger partial charge on any atom is -0.367 e. The molecule has 2 nitrogen and oxygen atoms in total. The van der Waals surface area contributed by atoms with E-state index in [9.17, 15) is 0 Å². The fourth-order valence-corrected chi connectivity index (χ4v) is 0.189. The molecule has 0 aromatic carbocycles. The van der Waals surface area contributed by atoms with Gasteiger partial charge in [-0.3, -0.25) is 0 Å². The van der Waals surface area contributed by atoms with Crippen molar-refractivity contribution in [2.24, 2.45) is 0 Å². The van der Waals surface area contributed by atoms with Gasteiger partial charge in [-0.05, 0) is 0 Å². The molecule has 0 fully saturated rings. The van der Waals surface area contributed by atoms with Crippen LogP contribution in [0, 0.1) is 0 Å². The molecule has 0 rings (SSSR count). The van der Waals surface area contributed by atoms with E-state index >= 15 is 0 Å². The van der Waals surface area contributed by atoms with Gasteiger partial charge in [-0.15, -0.1) is 11.6 Å². The molecule has 0 saturated heterocycles. The van der Waals surface area contributed by atoms with Gasteiger partial charge in [0.05, 0.1) is 5.88 Å². The lowest BCUT2D eigenvalue weighted by Crippen LogP contribution is -2.09. The lowest BCUT2D eigenvalue weighted by Gasteiger charge is -1.99. The summed E-state index contributed by atoms with van der Waals surface area (Å²) in [6.45, 7) is 0. The Morgan fingerprint density at radius 1 is 2.00 bits per heavy atom. The zero-order valence-corrected chi connectivity index (χ0v) is 4.27. The van der Waals surface area contributed by atoms with Gasteiger partial charge >= 0.3 is 0 Å². The second-order valence-electron chi connectivity index (χ2n) is 0.845. The molecule has 0 aliphatic heterocycles. The van der Waals surface area contributed by atoms with Crippen LogP contribution < -0.4 is 0 Å². The van der Waals surface area contributed by atoms with Crippen LogP contribution in [0.1, 0.15) is 0 Å². The third-order valence-electron chi connectivity index (χ3n) is 0.404. The molecule has 0 heterocycles. The van der Waals surface area contributed by atoms with Crippen LogP contribution in [0.3, 0.4) is 0 Å². The van der Waals surface area contributed by atoms with Crippen molar-refractivity contribution in [3.63, 3.8) is 0 Å². The van der Waals surface area contributed by atoms with Crippen LogP contribution in [0.5, 0.6) is 0 Å². The average Bonchev–Trinajstić information content (AvgIpc) is 1.65. The van der Waals surface area contributed by atoms with Crippen LogP contribution in [0.2, 0.25) is 0 Å². The molecule has 0 amide bonds. The number of aliphatic hydroxyl groups excluding tert-OH is 1. The van der Waals surface area contributed by atoms with Gasteiger partial charge in [-0.1, -0.05) is 0 Å². The van der Waals surface area contributed by atoms with Gasteiger partial charge in [0.1, 0.15) is 0 Å². The lowest BCUT2D eigenvalue weighted by molar-refractivity contribution is -0.0556. The molecule has 38 valence electrons.